The molecular weight excluding hydrogens is 307 g/mol. The van der Waals surface area contributed by atoms with Crippen LogP contribution in [-0.2, 0) is 12.8 Å². The molecule has 21 heavy (non-hydrogen) atoms. The van der Waals surface area contributed by atoms with Gasteiger partial charge >= 0.3 is 6.18 Å². The molecule has 2 aromatic rings. The summed E-state index contributed by atoms with van der Waals surface area (Å²) >= 11 is 5.74. The van der Waals surface area contributed by atoms with Crippen molar-refractivity contribution < 1.29 is 17.9 Å². The zero-order valence-electron chi connectivity index (χ0n) is 10.6. The Morgan fingerprint density at radius 1 is 1.19 bits per heavy atom. The van der Waals surface area contributed by atoms with Crippen molar-refractivity contribution in [2.45, 2.75) is 12.8 Å². The molecule has 0 unspecified atom stereocenters. The molecule has 0 radical (unpaired) electrons. The summed E-state index contributed by atoms with van der Waals surface area (Å²) in [6, 6.07) is 8.35. The van der Waals surface area contributed by atoms with Gasteiger partial charge in [-0.25, -0.2) is 5.84 Å². The number of hydrogen-bond donors (Lipinski definition) is 2. The van der Waals surface area contributed by atoms with Crippen LogP contribution >= 0.6 is 11.6 Å². The zero-order chi connectivity index (χ0) is 15.5. The van der Waals surface area contributed by atoms with Crippen molar-refractivity contribution >= 4 is 17.4 Å². The van der Waals surface area contributed by atoms with E-state index in [9.17, 15) is 13.2 Å². The molecule has 0 aliphatic rings. The van der Waals surface area contributed by atoms with Crippen LogP contribution in [0.5, 0.6) is 5.88 Å². The quantitative estimate of drug-likeness (QED) is 0.668. The smallest absolute Gasteiger partial charge is 0.416 e. The number of nitrogen functional groups attached to an aromatic ring is 1. The van der Waals surface area contributed by atoms with Crippen LogP contribution in [0.3, 0.4) is 0 Å². The third kappa shape index (κ3) is 4.24. The van der Waals surface area contributed by atoms with Crippen LogP contribution in [0.1, 0.15) is 11.1 Å². The molecule has 0 amide bonds. The highest BCUT2D eigenvalue weighted by molar-refractivity contribution is 6.30. The summed E-state index contributed by atoms with van der Waals surface area (Å²) in [6.07, 6.45) is -4.51. The van der Waals surface area contributed by atoms with E-state index in [1.807, 2.05) is 0 Å². The lowest BCUT2D eigenvalue weighted by molar-refractivity contribution is -0.137. The molecule has 1 heterocycles. The van der Waals surface area contributed by atoms with E-state index in [4.69, 9.17) is 22.2 Å². The number of hydrazine groups is 1. The fourth-order valence-corrected chi connectivity index (χ4v) is 1.68. The van der Waals surface area contributed by atoms with E-state index < -0.39 is 11.7 Å². The summed E-state index contributed by atoms with van der Waals surface area (Å²) in [7, 11) is 0. The number of rotatable bonds is 4. The van der Waals surface area contributed by atoms with Gasteiger partial charge in [0.15, 0.2) is 0 Å². The molecule has 0 aliphatic heterocycles. The van der Waals surface area contributed by atoms with Crippen molar-refractivity contribution in [1.82, 2.24) is 4.98 Å². The summed E-state index contributed by atoms with van der Waals surface area (Å²) in [4.78, 5) is 3.81. The average Bonchev–Trinajstić information content (AvgIpc) is 2.45. The number of anilines is 1. The second kappa shape index (κ2) is 6.19. The van der Waals surface area contributed by atoms with Gasteiger partial charge in [-0.15, -0.1) is 0 Å². The molecule has 8 heteroatoms. The molecule has 0 bridgehead atoms. The predicted molar refractivity (Wildman–Crippen MR) is 72.8 cm³/mol. The summed E-state index contributed by atoms with van der Waals surface area (Å²) in [6.45, 7) is 0.0650. The van der Waals surface area contributed by atoms with Gasteiger partial charge < -0.3 is 10.2 Å². The van der Waals surface area contributed by atoms with Crippen LogP contribution in [0.25, 0.3) is 0 Å². The Kier molecular flexibility index (Phi) is 4.54. The van der Waals surface area contributed by atoms with E-state index in [-0.39, 0.29) is 18.3 Å². The third-order valence-corrected chi connectivity index (χ3v) is 2.83. The molecule has 0 atom stereocenters. The molecular formula is C13H11ClF3N3O. The number of pyridine rings is 1. The van der Waals surface area contributed by atoms with Crippen LogP contribution in [0, 0.1) is 0 Å². The summed E-state index contributed by atoms with van der Waals surface area (Å²) in [5, 5.41) is 0.561. The number of alkyl halides is 3. The van der Waals surface area contributed by atoms with Crippen molar-refractivity contribution in [2.75, 3.05) is 5.43 Å². The minimum atomic E-state index is -4.51. The van der Waals surface area contributed by atoms with Crippen molar-refractivity contribution in [3.63, 3.8) is 0 Å². The maximum atomic E-state index is 12.7. The number of benzene rings is 1. The first-order valence-corrected chi connectivity index (χ1v) is 6.19. The lowest BCUT2D eigenvalue weighted by Crippen LogP contribution is -2.13. The van der Waals surface area contributed by atoms with Gasteiger partial charge in [0, 0.05) is 11.1 Å². The maximum absolute atomic E-state index is 12.7. The highest BCUT2D eigenvalue weighted by Crippen LogP contribution is 2.32. The third-order valence-electron chi connectivity index (χ3n) is 2.58. The SMILES string of the molecule is NNc1cc(C(F)(F)F)cc(OCc2ccc(Cl)cc2)n1. The lowest BCUT2D eigenvalue weighted by atomic mass is 10.2. The van der Waals surface area contributed by atoms with Gasteiger partial charge in [0.25, 0.3) is 0 Å². The van der Waals surface area contributed by atoms with E-state index in [2.05, 4.69) is 10.4 Å². The highest BCUT2D eigenvalue weighted by Gasteiger charge is 2.32. The molecule has 1 aromatic carbocycles. The van der Waals surface area contributed by atoms with E-state index in [0.717, 1.165) is 17.7 Å². The van der Waals surface area contributed by atoms with Crippen LogP contribution in [0.2, 0.25) is 5.02 Å². The molecule has 4 nitrogen and oxygen atoms in total. The number of aromatic nitrogens is 1. The Balaban J connectivity index is 2.17. The Hall–Kier alpha value is -1.99. The highest BCUT2D eigenvalue weighted by atomic mass is 35.5. The summed E-state index contributed by atoms with van der Waals surface area (Å²) < 4.78 is 43.4. The van der Waals surface area contributed by atoms with Crippen LogP contribution in [0.15, 0.2) is 36.4 Å². The Morgan fingerprint density at radius 2 is 1.86 bits per heavy atom. The Bertz CT molecular complexity index is 617. The lowest BCUT2D eigenvalue weighted by Gasteiger charge is -2.12. The fraction of sp³-hybridized carbons (Fsp3) is 0.154. The number of nitrogens with two attached hydrogens (primary N) is 1. The van der Waals surface area contributed by atoms with Gasteiger partial charge in [-0.05, 0) is 23.8 Å². The number of halogens is 4. The number of hydrogen-bond acceptors (Lipinski definition) is 4. The van der Waals surface area contributed by atoms with Crippen LogP contribution < -0.4 is 16.0 Å². The molecule has 3 N–H and O–H groups in total. The van der Waals surface area contributed by atoms with Crippen molar-refractivity contribution in [3.8, 4) is 5.88 Å². The van der Waals surface area contributed by atoms with Gasteiger partial charge in [0.05, 0.1) is 5.56 Å². The van der Waals surface area contributed by atoms with E-state index >= 15 is 0 Å². The summed E-state index contributed by atoms with van der Waals surface area (Å²) in [5.41, 5.74) is 1.94. The topological polar surface area (TPSA) is 60.2 Å². The number of nitrogens with zero attached hydrogens (tertiary/aromatic N) is 1. The standard InChI is InChI=1S/C13H11ClF3N3O/c14-10-3-1-8(2-4-10)7-21-12-6-9(13(15,16)17)5-11(19-12)20-18/h1-6H,7,18H2,(H,19,20). The zero-order valence-corrected chi connectivity index (χ0v) is 11.4. The molecule has 0 saturated carbocycles. The number of ether oxygens (including phenoxy) is 1. The molecule has 112 valence electrons. The van der Waals surface area contributed by atoms with Crippen molar-refractivity contribution in [2.24, 2.45) is 5.84 Å². The van der Waals surface area contributed by atoms with Crippen molar-refractivity contribution in [1.29, 1.82) is 0 Å². The average molecular weight is 318 g/mol. The Labute approximate surface area is 123 Å². The van der Waals surface area contributed by atoms with Gasteiger partial charge in [-0.2, -0.15) is 18.2 Å². The maximum Gasteiger partial charge on any atom is 0.416 e. The molecule has 2 rings (SSSR count). The van der Waals surface area contributed by atoms with Gasteiger partial charge in [0.2, 0.25) is 5.88 Å². The first kappa shape index (κ1) is 15.4. The monoisotopic (exact) mass is 317 g/mol. The van der Waals surface area contributed by atoms with Crippen LogP contribution in [-0.4, -0.2) is 4.98 Å². The van der Waals surface area contributed by atoms with E-state index in [1.165, 1.54) is 0 Å². The molecule has 0 saturated heterocycles. The first-order chi connectivity index (χ1) is 9.88. The van der Waals surface area contributed by atoms with Gasteiger partial charge in [0.1, 0.15) is 12.4 Å². The molecule has 0 fully saturated rings. The Morgan fingerprint density at radius 3 is 2.43 bits per heavy atom. The fourth-order valence-electron chi connectivity index (χ4n) is 1.55. The summed E-state index contributed by atoms with van der Waals surface area (Å²) in [5.74, 6) is 4.80. The molecule has 0 spiro atoms. The minimum absolute atomic E-state index is 0.0650. The largest absolute Gasteiger partial charge is 0.473 e. The second-order valence-corrected chi connectivity index (χ2v) is 4.57. The first-order valence-electron chi connectivity index (χ1n) is 5.81. The molecule has 1 aromatic heterocycles. The van der Waals surface area contributed by atoms with E-state index in [1.54, 1.807) is 24.3 Å². The van der Waals surface area contributed by atoms with Crippen molar-refractivity contribution in [3.05, 3.63) is 52.5 Å². The predicted octanol–water partition coefficient (Wildman–Crippen LogP) is 3.62. The van der Waals surface area contributed by atoms with E-state index in [0.29, 0.717) is 5.02 Å². The van der Waals surface area contributed by atoms with Crippen LogP contribution in [0.4, 0.5) is 19.0 Å². The molecule has 0 aliphatic carbocycles. The van der Waals surface area contributed by atoms with Gasteiger partial charge in [-0.1, -0.05) is 23.7 Å². The second-order valence-electron chi connectivity index (χ2n) is 4.14. The minimum Gasteiger partial charge on any atom is -0.473 e. The number of nitrogens with one attached hydrogen (secondary N) is 1. The normalized spacial score (nSPS) is 11.3. The van der Waals surface area contributed by atoms with Gasteiger partial charge in [-0.3, -0.25) is 0 Å².